The quantitative estimate of drug-likeness (QED) is 0.142. The average molecular weight is 1010 g/mol. The fraction of sp³-hybridized carbons (Fsp3) is 0. The summed E-state index contributed by atoms with van der Waals surface area (Å²) in [6, 6.07) is 85.8. The SMILES string of the molecule is Fc1cc(N(c2cc(-c3ccccc3)c3ccc4c(N(c5cc(F)c6ccccc6c5)c5cccc6c5oc5ccccc56)cc(-c5ccccc5)c5ccc2c3c54)c2cccc3c2oc2ccccc23)cc2ccccc12. The normalized spacial score (nSPS) is 12.0. The third-order valence-electron chi connectivity index (χ3n) is 15.9. The lowest BCUT2D eigenvalue weighted by atomic mass is 9.85. The van der Waals surface area contributed by atoms with Crippen molar-refractivity contribution in [2.45, 2.75) is 0 Å². The van der Waals surface area contributed by atoms with E-state index in [0.717, 1.165) is 121 Å². The minimum atomic E-state index is -0.326. The highest BCUT2D eigenvalue weighted by Gasteiger charge is 2.29. The van der Waals surface area contributed by atoms with E-state index in [2.05, 4.69) is 155 Å². The first-order valence-electron chi connectivity index (χ1n) is 26.2. The van der Waals surface area contributed by atoms with Crippen molar-refractivity contribution in [2.75, 3.05) is 9.80 Å². The number of para-hydroxylation sites is 4. The zero-order valence-electron chi connectivity index (χ0n) is 41.7. The lowest BCUT2D eigenvalue weighted by Crippen LogP contribution is -2.13. The Bertz CT molecular complexity index is 4760. The van der Waals surface area contributed by atoms with Gasteiger partial charge >= 0.3 is 0 Å². The van der Waals surface area contributed by atoms with Crippen molar-refractivity contribution in [3.8, 4) is 22.3 Å². The summed E-state index contributed by atoms with van der Waals surface area (Å²) in [5.74, 6) is -0.652. The van der Waals surface area contributed by atoms with Gasteiger partial charge in [0.25, 0.3) is 0 Å². The van der Waals surface area contributed by atoms with Gasteiger partial charge in [0.05, 0.1) is 22.7 Å². The molecule has 366 valence electrons. The van der Waals surface area contributed by atoms with E-state index in [4.69, 9.17) is 8.83 Å². The van der Waals surface area contributed by atoms with Gasteiger partial charge in [-0.2, -0.15) is 0 Å². The molecule has 0 unspecified atom stereocenters. The summed E-state index contributed by atoms with van der Waals surface area (Å²) in [5.41, 5.74) is 11.4. The van der Waals surface area contributed by atoms with Gasteiger partial charge in [-0.1, -0.05) is 194 Å². The molecule has 0 fully saturated rings. The van der Waals surface area contributed by atoms with Gasteiger partial charge in [0.15, 0.2) is 11.2 Å². The first-order valence-corrected chi connectivity index (χ1v) is 26.2. The van der Waals surface area contributed by atoms with Gasteiger partial charge in [-0.25, -0.2) is 8.78 Å². The van der Waals surface area contributed by atoms with Crippen molar-refractivity contribution in [1.29, 1.82) is 0 Å². The molecule has 2 aromatic heterocycles. The van der Waals surface area contributed by atoms with E-state index in [1.807, 2.05) is 97.1 Å². The monoisotopic (exact) mass is 1000 g/mol. The van der Waals surface area contributed by atoms with Crippen LogP contribution in [0.3, 0.4) is 0 Å². The molecule has 2 heterocycles. The minimum Gasteiger partial charge on any atom is -0.454 e. The molecular formula is C72H42F2N2O2. The molecule has 6 heteroatoms. The van der Waals surface area contributed by atoms with Crippen LogP contribution in [0.5, 0.6) is 0 Å². The van der Waals surface area contributed by atoms with Crippen LogP contribution in [0.1, 0.15) is 0 Å². The molecule has 78 heavy (non-hydrogen) atoms. The molecule has 0 bridgehead atoms. The fourth-order valence-electron chi connectivity index (χ4n) is 12.4. The molecule has 14 aromatic carbocycles. The highest BCUT2D eigenvalue weighted by Crippen LogP contribution is 2.54. The van der Waals surface area contributed by atoms with Crippen LogP contribution in [0, 0.1) is 11.6 Å². The summed E-state index contributed by atoms with van der Waals surface area (Å²) in [7, 11) is 0. The number of hydrogen-bond donors (Lipinski definition) is 0. The molecule has 16 rings (SSSR count). The smallest absolute Gasteiger partial charge is 0.159 e. The molecular weight excluding hydrogens is 963 g/mol. The van der Waals surface area contributed by atoms with E-state index >= 15 is 8.78 Å². The molecule has 0 saturated carbocycles. The van der Waals surface area contributed by atoms with Gasteiger partial charge in [0.2, 0.25) is 0 Å². The van der Waals surface area contributed by atoms with Crippen LogP contribution >= 0.6 is 0 Å². The summed E-state index contributed by atoms with van der Waals surface area (Å²) < 4.78 is 47.5. The van der Waals surface area contributed by atoms with E-state index in [9.17, 15) is 0 Å². The maximum absolute atomic E-state index is 16.9. The molecule has 4 nitrogen and oxygen atoms in total. The predicted molar refractivity (Wildman–Crippen MR) is 320 cm³/mol. The number of rotatable bonds is 8. The first-order chi connectivity index (χ1) is 38.5. The van der Waals surface area contributed by atoms with Crippen molar-refractivity contribution in [3.63, 3.8) is 0 Å². The summed E-state index contributed by atoms with van der Waals surface area (Å²) in [5, 5.41) is 12.6. The summed E-state index contributed by atoms with van der Waals surface area (Å²) in [6.45, 7) is 0. The number of fused-ring (bicyclic) bond motifs is 8. The number of halogens is 2. The molecule has 0 aliphatic carbocycles. The number of furan rings is 2. The Kier molecular flexibility index (Phi) is 9.66. The van der Waals surface area contributed by atoms with Gasteiger partial charge in [-0.05, 0) is 104 Å². The van der Waals surface area contributed by atoms with Gasteiger partial charge in [-0.3, -0.25) is 0 Å². The maximum Gasteiger partial charge on any atom is 0.159 e. The average Bonchev–Trinajstić information content (AvgIpc) is 4.21. The van der Waals surface area contributed by atoms with Crippen molar-refractivity contribution < 1.29 is 17.6 Å². The predicted octanol–water partition coefficient (Wildman–Crippen LogP) is 21.2. The Morgan fingerprint density at radius 2 is 0.641 bits per heavy atom. The zero-order chi connectivity index (χ0) is 51.6. The van der Waals surface area contributed by atoms with E-state index < -0.39 is 0 Å². The molecule has 0 radical (unpaired) electrons. The third kappa shape index (κ3) is 6.63. The Labute approximate surface area is 445 Å². The topological polar surface area (TPSA) is 32.8 Å². The lowest BCUT2D eigenvalue weighted by Gasteiger charge is -2.31. The van der Waals surface area contributed by atoms with Crippen molar-refractivity contribution in [1.82, 2.24) is 0 Å². The van der Waals surface area contributed by atoms with Crippen LogP contribution in [0.2, 0.25) is 0 Å². The highest BCUT2D eigenvalue weighted by molar-refractivity contribution is 6.33. The molecule has 16 aromatic rings. The summed E-state index contributed by atoms with van der Waals surface area (Å²) >= 11 is 0. The molecule has 0 spiro atoms. The molecule has 0 saturated heterocycles. The Hall–Kier alpha value is -10.3. The van der Waals surface area contributed by atoms with Crippen LogP contribution in [0.15, 0.2) is 264 Å². The highest BCUT2D eigenvalue weighted by atomic mass is 19.1. The van der Waals surface area contributed by atoms with E-state index in [1.165, 1.54) is 0 Å². The van der Waals surface area contributed by atoms with Crippen molar-refractivity contribution in [3.05, 3.63) is 266 Å². The van der Waals surface area contributed by atoms with Gasteiger partial charge in [0.1, 0.15) is 22.8 Å². The van der Waals surface area contributed by atoms with Crippen LogP contribution in [-0.2, 0) is 0 Å². The summed E-state index contributed by atoms with van der Waals surface area (Å²) in [6.07, 6.45) is 0. The van der Waals surface area contributed by atoms with Gasteiger partial charge < -0.3 is 18.6 Å². The van der Waals surface area contributed by atoms with E-state index in [0.29, 0.717) is 33.3 Å². The number of anilines is 6. The molecule has 0 atom stereocenters. The number of hydrogen-bond acceptors (Lipinski definition) is 4. The first kappa shape index (κ1) is 44.0. The van der Waals surface area contributed by atoms with Crippen LogP contribution < -0.4 is 9.80 Å². The van der Waals surface area contributed by atoms with E-state index in [-0.39, 0.29) is 11.6 Å². The zero-order valence-corrected chi connectivity index (χ0v) is 41.7. The Morgan fingerprint density at radius 1 is 0.269 bits per heavy atom. The van der Waals surface area contributed by atoms with Gasteiger partial charge in [0, 0.05) is 65.2 Å². The molecule has 0 amide bonds. The standard InChI is InChI=1S/C72H42F2N2O2/c73-61-39-47(37-45-21-7-9-23-49(45)61)75(63-29-15-27-55-51-25-11-13-31-67(51)77-71(55)63)65-41-59(43-17-3-1-4-18-43)53-33-35-58-66(42-60(44-19-5-2-6-20-44)54-34-36-57(65)69(53)70(54)58)76(48-38-46-22-8-10-24-50(46)62(74)40-48)64-30-16-28-56-52-26-12-14-32-68(52)78-72(56)64/h1-42H. The largest absolute Gasteiger partial charge is 0.454 e. The van der Waals surface area contributed by atoms with Crippen LogP contribution in [-0.4, -0.2) is 0 Å². The molecule has 0 aliphatic heterocycles. The number of nitrogens with zero attached hydrogens (tertiary/aromatic N) is 2. The maximum atomic E-state index is 16.9. The van der Waals surface area contributed by atoms with Gasteiger partial charge in [-0.15, -0.1) is 0 Å². The fourth-order valence-corrected chi connectivity index (χ4v) is 12.4. The second kappa shape index (κ2) is 17.1. The minimum absolute atomic E-state index is 0.326. The molecule has 0 N–H and O–H groups in total. The van der Waals surface area contributed by atoms with Crippen molar-refractivity contribution >= 4 is 132 Å². The second-order valence-corrected chi connectivity index (χ2v) is 20.2. The third-order valence-corrected chi connectivity index (χ3v) is 15.9. The lowest BCUT2D eigenvalue weighted by molar-refractivity contribution is 0.639. The Morgan fingerprint density at radius 3 is 1.09 bits per heavy atom. The molecule has 0 aliphatic rings. The number of benzene rings is 14. The van der Waals surface area contributed by atoms with Crippen molar-refractivity contribution in [2.24, 2.45) is 0 Å². The van der Waals surface area contributed by atoms with Crippen LogP contribution in [0.4, 0.5) is 42.9 Å². The summed E-state index contributed by atoms with van der Waals surface area (Å²) in [4.78, 5) is 4.37. The van der Waals surface area contributed by atoms with E-state index in [1.54, 1.807) is 12.1 Å². The van der Waals surface area contributed by atoms with Crippen LogP contribution in [0.25, 0.3) is 120 Å². The Balaban J connectivity index is 1.08. The second-order valence-electron chi connectivity index (χ2n) is 20.2.